The molecule has 16 heteroatoms. The molecule has 7 rings (SSSR count). The molecular formula is C49H66N6O8S2. The highest BCUT2D eigenvalue weighted by atomic mass is 32.2. The number of ether oxygens (including phenoxy) is 2. The number of nitrogens with one attached hydrogen (secondary N) is 4. The topological polar surface area (TPSA) is 215 Å². The second kappa shape index (κ2) is 22.2. The van der Waals surface area contributed by atoms with E-state index in [1.807, 2.05) is 19.1 Å². The molecule has 352 valence electrons. The summed E-state index contributed by atoms with van der Waals surface area (Å²) in [5.41, 5.74) is 11.9. The monoisotopic (exact) mass is 930 g/mol. The minimum atomic E-state index is -0.518. The van der Waals surface area contributed by atoms with Crippen LogP contribution in [-0.2, 0) is 38.3 Å². The Morgan fingerprint density at radius 2 is 1.45 bits per heavy atom. The second-order valence-corrected chi connectivity index (χ2v) is 20.2. The molecule has 2 fully saturated rings. The molecule has 4 aliphatic rings. The summed E-state index contributed by atoms with van der Waals surface area (Å²) in [6.07, 6.45) is 4.53. The van der Waals surface area contributed by atoms with Crippen LogP contribution >= 0.6 is 23.5 Å². The zero-order valence-corrected chi connectivity index (χ0v) is 39.9. The maximum absolute atomic E-state index is 14.5. The van der Waals surface area contributed by atoms with Crippen molar-refractivity contribution < 1.29 is 39.5 Å². The molecule has 0 spiro atoms. The van der Waals surface area contributed by atoms with Crippen LogP contribution in [0.15, 0.2) is 24.8 Å². The van der Waals surface area contributed by atoms with Crippen molar-refractivity contribution in [2.24, 2.45) is 0 Å². The van der Waals surface area contributed by atoms with Gasteiger partial charge < -0.3 is 50.5 Å². The van der Waals surface area contributed by atoms with Gasteiger partial charge in [0.1, 0.15) is 10.9 Å². The number of allylic oxidation sites excluding steroid dienone is 1. The number of carbonyl (C=O) groups excluding carboxylic acids is 2. The SMILES string of the molecule is C=Cc1c(C)c2cc3nc(c(CC(=O)NCCCSC4CC(O)CC(CO)O4)c4nc(cc5[nH]c(cc1[nH]2)c(C)c5CC)C(C)=C4C(=O)NCCCSC1CC(O)CC(CO)O1)CC3C. The van der Waals surface area contributed by atoms with Crippen LogP contribution < -0.4 is 10.6 Å². The first-order chi connectivity index (χ1) is 31.3. The predicted molar refractivity (Wildman–Crippen MR) is 260 cm³/mol. The van der Waals surface area contributed by atoms with Crippen molar-refractivity contribution in [2.75, 3.05) is 37.8 Å². The number of hydrogen-bond acceptors (Lipinski definition) is 12. The summed E-state index contributed by atoms with van der Waals surface area (Å²) in [6.45, 7) is 15.0. The van der Waals surface area contributed by atoms with Gasteiger partial charge in [-0.3, -0.25) is 14.6 Å². The Hall–Kier alpha value is -4.00. The number of aryl methyl sites for hydroxylation is 3. The third-order valence-electron chi connectivity index (χ3n) is 12.9. The molecule has 8 N–H and O–H groups in total. The second-order valence-electron chi connectivity index (χ2n) is 17.7. The van der Waals surface area contributed by atoms with Gasteiger partial charge in [-0.2, -0.15) is 0 Å². The van der Waals surface area contributed by atoms with Crippen LogP contribution in [0.3, 0.4) is 0 Å². The molecule has 0 radical (unpaired) electrons. The molecule has 0 aromatic carbocycles. The fourth-order valence-electron chi connectivity index (χ4n) is 9.26. The van der Waals surface area contributed by atoms with Gasteiger partial charge in [0.05, 0.1) is 61.0 Å². The van der Waals surface area contributed by atoms with Crippen LogP contribution in [-0.4, -0.2) is 125 Å². The number of H-pyrrole nitrogens is 2. The quantitative estimate of drug-likeness (QED) is 0.0716. The van der Waals surface area contributed by atoms with Crippen LogP contribution in [0.2, 0.25) is 0 Å². The van der Waals surface area contributed by atoms with Crippen molar-refractivity contribution in [2.45, 2.75) is 134 Å². The fourth-order valence-corrected chi connectivity index (χ4v) is 11.6. The zero-order chi connectivity index (χ0) is 46.4. The highest BCUT2D eigenvalue weighted by molar-refractivity contribution is 7.99. The molecule has 14 nitrogen and oxygen atoms in total. The minimum absolute atomic E-state index is 0.0164. The fraction of sp³-hybridized carbons (Fsp3) is 0.551. The molecule has 4 aliphatic heterocycles. The number of thioether (sulfide) groups is 2. The highest BCUT2D eigenvalue weighted by Crippen LogP contribution is 2.37. The van der Waals surface area contributed by atoms with Crippen molar-refractivity contribution in [3.63, 3.8) is 0 Å². The summed E-state index contributed by atoms with van der Waals surface area (Å²) < 4.78 is 11.8. The summed E-state index contributed by atoms with van der Waals surface area (Å²) >= 11 is 3.14. The van der Waals surface area contributed by atoms with Gasteiger partial charge in [0, 0.05) is 89.3 Å². The molecule has 65 heavy (non-hydrogen) atoms. The summed E-state index contributed by atoms with van der Waals surface area (Å²) in [6, 6.07) is 6.22. The normalized spacial score (nSPS) is 23.4. The van der Waals surface area contributed by atoms with Crippen molar-refractivity contribution in [3.05, 3.63) is 75.4 Å². The van der Waals surface area contributed by atoms with Crippen molar-refractivity contribution in [3.8, 4) is 0 Å². The van der Waals surface area contributed by atoms with Crippen LogP contribution in [0.4, 0.5) is 0 Å². The Morgan fingerprint density at radius 1 is 0.831 bits per heavy atom. The third kappa shape index (κ3) is 11.6. The average Bonchev–Trinajstić information content (AvgIpc) is 3.99. The molecule has 2 saturated heterocycles. The van der Waals surface area contributed by atoms with Crippen LogP contribution in [0.1, 0.15) is 116 Å². The van der Waals surface area contributed by atoms with E-state index in [1.165, 1.54) is 0 Å². The molecule has 0 saturated carbocycles. The number of aromatic nitrogens is 4. The standard InChI is InChI=1S/C49H66N6O8S2/c1-7-34-27(4)38-21-37-26(3)15-41(52-37)36(20-44(60)50-11-9-13-64-45-18-30(58)16-32(24-56)62-45)48-47(49(61)51-12-10-14-65-46-19-31(59)17-33(25-57)63-46)29(6)40(55-48)23-43-35(8-2)28(5)39(54-43)22-42(34)53-38/h7,21-23,26,30-33,45-46,53-54,56-59H,1,8-20,24-25H2,2-6H3,(H,50,60)(H,51,61). The van der Waals surface area contributed by atoms with Crippen molar-refractivity contribution in [1.29, 1.82) is 0 Å². The Labute approximate surface area is 389 Å². The van der Waals surface area contributed by atoms with E-state index in [4.69, 9.17) is 19.4 Å². The lowest BCUT2D eigenvalue weighted by atomic mass is 9.96. The number of aliphatic hydroxyl groups is 4. The van der Waals surface area contributed by atoms with Gasteiger partial charge in [0.15, 0.2) is 0 Å². The highest BCUT2D eigenvalue weighted by Gasteiger charge is 2.32. The van der Waals surface area contributed by atoms with Gasteiger partial charge in [-0.1, -0.05) is 26.5 Å². The first kappa shape index (κ1) is 48.9. The minimum Gasteiger partial charge on any atom is -0.394 e. The maximum Gasteiger partial charge on any atom is 0.253 e. The lowest BCUT2D eigenvalue weighted by Crippen LogP contribution is -2.36. The van der Waals surface area contributed by atoms with Gasteiger partial charge in [-0.15, -0.1) is 23.5 Å². The first-order valence-electron chi connectivity index (χ1n) is 23.1. The Morgan fingerprint density at radius 3 is 2.06 bits per heavy atom. The maximum atomic E-state index is 14.5. The first-order valence-corrected chi connectivity index (χ1v) is 25.2. The van der Waals surface area contributed by atoms with Gasteiger partial charge in [0.25, 0.3) is 5.91 Å². The Balaban J connectivity index is 1.23. The summed E-state index contributed by atoms with van der Waals surface area (Å²) in [5, 5.41) is 45.9. The van der Waals surface area contributed by atoms with E-state index < -0.39 is 12.2 Å². The van der Waals surface area contributed by atoms with E-state index in [0.717, 1.165) is 56.4 Å². The molecule has 7 heterocycles. The van der Waals surface area contributed by atoms with Crippen LogP contribution in [0, 0.1) is 13.8 Å². The number of aromatic amines is 2. The number of carbonyl (C=O) groups is 2. The number of aliphatic hydroxyl groups excluding tert-OH is 4. The van der Waals surface area contributed by atoms with E-state index in [9.17, 15) is 30.0 Å². The molecule has 2 amide bonds. The van der Waals surface area contributed by atoms with E-state index >= 15 is 0 Å². The Bertz CT molecular complexity index is 2430. The predicted octanol–water partition coefficient (Wildman–Crippen LogP) is 6.15. The lowest BCUT2D eigenvalue weighted by Gasteiger charge is -2.31. The summed E-state index contributed by atoms with van der Waals surface area (Å²) in [5.74, 6) is 0.896. The van der Waals surface area contributed by atoms with Crippen LogP contribution in [0.5, 0.6) is 0 Å². The average molecular weight is 931 g/mol. The summed E-state index contributed by atoms with van der Waals surface area (Å²) in [7, 11) is 0. The molecule has 3 aromatic heterocycles. The van der Waals surface area contributed by atoms with Gasteiger partial charge in [-0.05, 0) is 98.4 Å². The van der Waals surface area contributed by atoms with E-state index in [0.29, 0.717) is 103 Å². The number of amides is 2. The van der Waals surface area contributed by atoms with Crippen molar-refractivity contribution in [1.82, 2.24) is 30.6 Å². The molecule has 3 aromatic rings. The zero-order valence-electron chi connectivity index (χ0n) is 38.3. The number of nitrogens with zero attached hydrogens (tertiary/aromatic N) is 2. The molecule has 8 bridgehead atoms. The van der Waals surface area contributed by atoms with E-state index in [-0.39, 0.29) is 60.4 Å². The lowest BCUT2D eigenvalue weighted by molar-refractivity contribution is -0.120. The van der Waals surface area contributed by atoms with E-state index in [1.54, 1.807) is 23.5 Å². The van der Waals surface area contributed by atoms with Gasteiger partial charge in [-0.25, -0.2) is 4.98 Å². The number of fused-ring (bicyclic) bond motifs is 8. The van der Waals surface area contributed by atoms with Gasteiger partial charge in [0.2, 0.25) is 5.91 Å². The van der Waals surface area contributed by atoms with Crippen LogP contribution in [0.25, 0.3) is 39.3 Å². The number of rotatable bonds is 17. The molecule has 7 unspecified atom stereocenters. The Kier molecular flexibility index (Phi) is 16.7. The molecular weight excluding hydrogens is 865 g/mol. The smallest absolute Gasteiger partial charge is 0.253 e. The molecule has 7 atom stereocenters. The van der Waals surface area contributed by atoms with Crippen molar-refractivity contribution >= 4 is 74.6 Å². The van der Waals surface area contributed by atoms with E-state index in [2.05, 4.69) is 67.0 Å². The summed E-state index contributed by atoms with van der Waals surface area (Å²) in [4.78, 5) is 46.3. The molecule has 0 aliphatic carbocycles. The van der Waals surface area contributed by atoms with Gasteiger partial charge >= 0.3 is 0 Å². The number of hydrogen-bond donors (Lipinski definition) is 8. The third-order valence-corrected chi connectivity index (χ3v) is 15.3. The largest absolute Gasteiger partial charge is 0.394 e.